The van der Waals surface area contributed by atoms with Gasteiger partial charge in [0.1, 0.15) is 23.9 Å². The van der Waals surface area contributed by atoms with Crippen LogP contribution in [0.2, 0.25) is 0 Å². The van der Waals surface area contributed by atoms with Crippen molar-refractivity contribution in [3.8, 4) is 6.07 Å². The molecule has 3 N–H and O–H groups in total. The molecule has 0 aliphatic carbocycles. The number of aromatic nitrogens is 1. The number of carbonyl (C=O) groups excluding carboxylic acids is 1. The van der Waals surface area contributed by atoms with E-state index in [-0.39, 0.29) is 35.7 Å². The van der Waals surface area contributed by atoms with Gasteiger partial charge in [-0.1, -0.05) is 0 Å². The number of anilines is 1. The van der Waals surface area contributed by atoms with E-state index in [1.807, 2.05) is 26.2 Å². The number of fused-ring (bicyclic) bond motifs is 1. The van der Waals surface area contributed by atoms with Crippen LogP contribution in [0.3, 0.4) is 0 Å². The zero-order valence-electron chi connectivity index (χ0n) is 17.5. The molecule has 0 saturated carbocycles. The van der Waals surface area contributed by atoms with Crippen LogP contribution in [0.25, 0.3) is 0 Å². The quantitative estimate of drug-likeness (QED) is 0.702. The Bertz CT molecular complexity index is 826. The van der Waals surface area contributed by atoms with Crippen molar-refractivity contribution in [2.45, 2.75) is 70.3 Å². The molecule has 3 rings (SSSR count). The van der Waals surface area contributed by atoms with Crippen LogP contribution in [0.15, 0.2) is 6.20 Å². The molecule has 10 heteroatoms. The van der Waals surface area contributed by atoms with E-state index in [1.54, 1.807) is 27.0 Å². The average molecular weight is 425 g/mol. The van der Waals surface area contributed by atoms with Crippen molar-refractivity contribution in [3.05, 3.63) is 17.5 Å². The minimum absolute atomic E-state index is 0.0367. The number of hydrogen-bond donors (Lipinski definition) is 2. The molecular weight excluding hydrogens is 396 g/mol. The first-order valence-corrected chi connectivity index (χ1v) is 10.5. The second kappa shape index (κ2) is 7.81. The number of carbonyl (C=O) groups is 1. The van der Waals surface area contributed by atoms with Gasteiger partial charge in [0.25, 0.3) is 0 Å². The van der Waals surface area contributed by atoms with Crippen molar-refractivity contribution in [1.82, 2.24) is 9.88 Å². The second-order valence-corrected chi connectivity index (χ2v) is 9.14. The molecule has 0 aromatic carbocycles. The number of rotatable bonds is 4. The van der Waals surface area contributed by atoms with Crippen LogP contribution in [0.4, 0.5) is 10.5 Å². The third kappa shape index (κ3) is 4.39. The molecule has 1 aromatic heterocycles. The number of nitrogen functional groups attached to an aromatic ring is 1. The first-order valence-electron chi connectivity index (χ1n) is 9.39. The van der Waals surface area contributed by atoms with Gasteiger partial charge in [0.15, 0.2) is 11.5 Å². The smallest absolute Gasteiger partial charge is 0.419 e. The number of ether oxygens (including phenoxy) is 3. The zero-order chi connectivity index (χ0) is 21.6. The standard InChI is InChI=1S/C19H28N4O5S/c1-18(2,3)28-17(24)23-8-10(13(21)12(23)7-20)14-16-15(26-19(4,5)27-16)11(22-14)9-25-29-6/h8,11,14-16,22H,9,21H2,1-6H3/t11-,14+,15-,16+/m1/s1. The Labute approximate surface area is 175 Å². The second-order valence-electron chi connectivity index (χ2n) is 8.58. The molecule has 3 heterocycles. The highest BCUT2D eigenvalue weighted by Crippen LogP contribution is 2.43. The topological polar surface area (TPSA) is 121 Å². The predicted octanol–water partition coefficient (Wildman–Crippen LogP) is 2.55. The van der Waals surface area contributed by atoms with Crippen LogP contribution in [-0.4, -0.2) is 53.2 Å². The summed E-state index contributed by atoms with van der Waals surface area (Å²) in [5.74, 6) is -0.756. The number of hydrogen-bond acceptors (Lipinski definition) is 9. The SMILES string of the molecule is CSOC[C@H]1N[C@@H](c2cn(C(=O)OC(C)(C)C)c(C#N)c2N)[C@@H]2OC(C)(C)O[C@@H]21. The van der Waals surface area contributed by atoms with Crippen LogP contribution >= 0.6 is 12.0 Å². The van der Waals surface area contributed by atoms with Crippen LogP contribution in [0.1, 0.15) is 51.9 Å². The summed E-state index contributed by atoms with van der Waals surface area (Å²) in [6, 6.07) is 1.51. The van der Waals surface area contributed by atoms with Gasteiger partial charge in [-0.2, -0.15) is 5.26 Å². The van der Waals surface area contributed by atoms with Gasteiger partial charge in [-0.3, -0.25) is 0 Å². The molecule has 0 amide bonds. The monoisotopic (exact) mass is 424 g/mol. The molecule has 0 unspecified atom stereocenters. The molecule has 1 aromatic rings. The number of nitriles is 1. The van der Waals surface area contributed by atoms with Crippen LogP contribution < -0.4 is 11.1 Å². The molecule has 2 fully saturated rings. The van der Waals surface area contributed by atoms with Crippen molar-refractivity contribution < 1.29 is 23.2 Å². The highest BCUT2D eigenvalue weighted by Gasteiger charge is 2.55. The Hall–Kier alpha value is -1.77. The number of nitrogens with zero attached hydrogens (tertiary/aromatic N) is 2. The Morgan fingerprint density at radius 3 is 2.66 bits per heavy atom. The third-order valence-electron chi connectivity index (χ3n) is 4.75. The van der Waals surface area contributed by atoms with Gasteiger partial charge in [-0.25, -0.2) is 9.36 Å². The lowest BCUT2D eigenvalue weighted by atomic mass is 10.0. The summed E-state index contributed by atoms with van der Waals surface area (Å²) in [5, 5.41) is 13.0. The average Bonchev–Trinajstić information content (AvgIpc) is 3.20. The fourth-order valence-corrected chi connectivity index (χ4v) is 4.00. The van der Waals surface area contributed by atoms with Crippen molar-refractivity contribution in [2.24, 2.45) is 0 Å². The maximum absolute atomic E-state index is 12.6. The van der Waals surface area contributed by atoms with Crippen molar-refractivity contribution in [1.29, 1.82) is 5.26 Å². The minimum Gasteiger partial charge on any atom is -0.443 e. The summed E-state index contributed by atoms with van der Waals surface area (Å²) in [6.45, 7) is 9.40. The summed E-state index contributed by atoms with van der Waals surface area (Å²) in [6.07, 6.45) is 2.13. The Morgan fingerprint density at radius 1 is 1.41 bits per heavy atom. The minimum atomic E-state index is -0.756. The zero-order valence-corrected chi connectivity index (χ0v) is 18.3. The molecule has 2 aliphatic rings. The van der Waals surface area contributed by atoms with Crippen LogP contribution in [-0.2, 0) is 18.4 Å². The molecule has 2 saturated heterocycles. The summed E-state index contributed by atoms with van der Waals surface area (Å²) in [5.41, 5.74) is 6.41. The largest absolute Gasteiger partial charge is 0.443 e. The van der Waals surface area contributed by atoms with E-state index < -0.39 is 17.5 Å². The molecule has 4 atom stereocenters. The molecule has 0 spiro atoms. The summed E-state index contributed by atoms with van der Waals surface area (Å²) in [7, 11) is 0. The maximum atomic E-state index is 12.6. The Morgan fingerprint density at radius 2 is 2.07 bits per heavy atom. The van der Waals surface area contributed by atoms with E-state index in [9.17, 15) is 10.1 Å². The van der Waals surface area contributed by atoms with Crippen molar-refractivity contribution in [3.63, 3.8) is 0 Å². The molecule has 0 bridgehead atoms. The molecule has 0 radical (unpaired) electrons. The summed E-state index contributed by atoms with van der Waals surface area (Å²) in [4.78, 5) is 12.6. The van der Waals surface area contributed by atoms with E-state index in [4.69, 9.17) is 24.1 Å². The van der Waals surface area contributed by atoms with Gasteiger partial charge in [-0.05, 0) is 46.7 Å². The number of nitrogens with two attached hydrogens (primary N) is 1. The fraction of sp³-hybridized carbons (Fsp3) is 0.684. The van der Waals surface area contributed by atoms with E-state index >= 15 is 0 Å². The van der Waals surface area contributed by atoms with Crippen molar-refractivity contribution in [2.75, 3.05) is 18.6 Å². The first-order chi connectivity index (χ1) is 13.5. The molecule has 9 nitrogen and oxygen atoms in total. The lowest BCUT2D eigenvalue weighted by Gasteiger charge is -2.24. The predicted molar refractivity (Wildman–Crippen MR) is 108 cm³/mol. The van der Waals surface area contributed by atoms with Crippen LogP contribution in [0.5, 0.6) is 0 Å². The molecule has 160 valence electrons. The van der Waals surface area contributed by atoms with Crippen molar-refractivity contribution >= 4 is 23.8 Å². The lowest BCUT2D eigenvalue weighted by Crippen LogP contribution is -2.38. The third-order valence-corrected chi connectivity index (χ3v) is 5.13. The van der Waals surface area contributed by atoms with E-state index in [0.29, 0.717) is 12.2 Å². The highest BCUT2D eigenvalue weighted by molar-refractivity contribution is 7.93. The highest BCUT2D eigenvalue weighted by atomic mass is 32.2. The van der Waals surface area contributed by atoms with Gasteiger partial charge in [-0.15, -0.1) is 0 Å². The van der Waals surface area contributed by atoms with E-state index in [0.717, 1.165) is 4.57 Å². The van der Waals surface area contributed by atoms with Gasteiger partial charge in [0.2, 0.25) is 0 Å². The fourth-order valence-electron chi connectivity index (χ4n) is 3.71. The Balaban J connectivity index is 1.95. The Kier molecular flexibility index (Phi) is 5.91. The van der Waals surface area contributed by atoms with Crippen LogP contribution in [0, 0.1) is 11.3 Å². The van der Waals surface area contributed by atoms with Gasteiger partial charge >= 0.3 is 6.09 Å². The summed E-state index contributed by atoms with van der Waals surface area (Å²) < 4.78 is 24.3. The normalized spacial score (nSPS) is 28.2. The summed E-state index contributed by atoms with van der Waals surface area (Å²) >= 11 is 1.27. The van der Waals surface area contributed by atoms with Gasteiger partial charge in [0, 0.05) is 18.0 Å². The molecule has 2 aliphatic heterocycles. The number of nitrogens with one attached hydrogen (secondary N) is 1. The van der Waals surface area contributed by atoms with E-state index in [1.165, 1.54) is 12.0 Å². The van der Waals surface area contributed by atoms with Gasteiger partial charge < -0.3 is 29.4 Å². The molecule has 29 heavy (non-hydrogen) atoms. The molecular formula is C19H28N4O5S. The van der Waals surface area contributed by atoms with Gasteiger partial charge in [0.05, 0.1) is 24.4 Å². The maximum Gasteiger partial charge on any atom is 0.419 e. The first kappa shape index (κ1) is 21.9. The van der Waals surface area contributed by atoms with E-state index in [2.05, 4.69) is 5.32 Å². The lowest BCUT2D eigenvalue weighted by molar-refractivity contribution is -0.157.